The molecule has 8 nitrogen and oxygen atoms in total. The highest BCUT2D eigenvalue weighted by atomic mass is 16.5. The first-order chi connectivity index (χ1) is 25.0. The molecule has 1 heterocycles. The van der Waals surface area contributed by atoms with Crippen molar-refractivity contribution < 1.29 is 34.0 Å². The maximum absolute atomic E-state index is 14.4. The second-order valence-electron chi connectivity index (χ2n) is 16.4. The predicted octanol–water partition coefficient (Wildman–Crippen LogP) is 7.76. The Morgan fingerprint density at radius 3 is 2.46 bits per heavy atom. The summed E-state index contributed by atoms with van der Waals surface area (Å²) < 4.78 is 17.0. The van der Waals surface area contributed by atoms with Gasteiger partial charge in [0, 0.05) is 30.0 Å². The number of ketones is 1. The third-order valence-corrected chi connectivity index (χ3v) is 13.0. The van der Waals surface area contributed by atoms with Gasteiger partial charge < -0.3 is 29.3 Å². The molecule has 284 valence electrons. The lowest BCUT2D eigenvalue weighted by molar-refractivity contribution is -0.141. The lowest BCUT2D eigenvalue weighted by Crippen LogP contribution is -2.55. The molecule has 1 amide bonds. The molecule has 52 heavy (non-hydrogen) atoms. The number of methoxy groups -OCH3 is 2. The molecule has 5 atom stereocenters. The number of ether oxygens (including phenoxy) is 3. The van der Waals surface area contributed by atoms with Crippen LogP contribution in [0.2, 0.25) is 0 Å². The molecule has 5 aliphatic rings. The third kappa shape index (κ3) is 8.45. The zero-order chi connectivity index (χ0) is 36.9. The van der Waals surface area contributed by atoms with Gasteiger partial charge in [-0.1, -0.05) is 56.0 Å². The van der Waals surface area contributed by atoms with Crippen molar-refractivity contribution in [2.45, 2.75) is 134 Å². The van der Waals surface area contributed by atoms with Crippen LogP contribution in [0.15, 0.2) is 48.0 Å². The molecule has 2 saturated carbocycles. The van der Waals surface area contributed by atoms with Crippen LogP contribution in [-0.4, -0.2) is 78.5 Å². The number of fused-ring (bicyclic) bond motifs is 8. The Morgan fingerprint density at radius 2 is 1.73 bits per heavy atom. The van der Waals surface area contributed by atoms with E-state index >= 15 is 0 Å². The van der Waals surface area contributed by atoms with E-state index in [-0.39, 0.29) is 42.6 Å². The van der Waals surface area contributed by atoms with Gasteiger partial charge in [0.05, 0.1) is 45.0 Å². The number of hydrogen-bond acceptors (Lipinski definition) is 7. The molecular formula is C44H61NO7. The molecule has 2 N–H and O–H groups in total. The average molecular weight is 716 g/mol. The van der Waals surface area contributed by atoms with Crippen molar-refractivity contribution in [1.29, 1.82) is 0 Å². The summed E-state index contributed by atoms with van der Waals surface area (Å²) in [6.45, 7) is 5.64. The van der Waals surface area contributed by atoms with E-state index in [4.69, 9.17) is 14.2 Å². The summed E-state index contributed by atoms with van der Waals surface area (Å²) in [5.41, 5.74) is 3.04. The quantitative estimate of drug-likeness (QED) is 0.191. The normalized spacial score (nSPS) is 28.5. The van der Waals surface area contributed by atoms with Gasteiger partial charge in [0.1, 0.15) is 0 Å². The van der Waals surface area contributed by atoms with E-state index in [0.717, 1.165) is 80.0 Å². The summed E-state index contributed by atoms with van der Waals surface area (Å²) >= 11 is 0. The molecule has 0 radical (unpaired) electrons. The molecule has 0 aromatic heterocycles. The highest BCUT2D eigenvalue weighted by molar-refractivity contribution is 5.99. The van der Waals surface area contributed by atoms with Gasteiger partial charge in [-0.3, -0.25) is 9.59 Å². The maximum Gasteiger partial charge on any atom is 0.227 e. The van der Waals surface area contributed by atoms with E-state index in [0.29, 0.717) is 50.3 Å². The van der Waals surface area contributed by atoms with Crippen LogP contribution < -0.4 is 9.47 Å². The molecule has 1 saturated heterocycles. The largest absolute Gasteiger partial charge is 0.493 e. The van der Waals surface area contributed by atoms with Crippen molar-refractivity contribution in [3.8, 4) is 11.5 Å². The van der Waals surface area contributed by atoms with Gasteiger partial charge >= 0.3 is 0 Å². The number of carbonyl (C=O) groups excluding carboxylic acids is 2. The molecule has 2 aromatic rings. The number of benzene rings is 2. The lowest BCUT2D eigenvalue weighted by atomic mass is 9.64. The zero-order valence-electron chi connectivity index (χ0n) is 32.0. The topological polar surface area (TPSA) is 106 Å². The standard InChI is InChI=1S/C44H61NO7/c1-30-10-8-21-43(2)38(36-18-15-31(24-34(46)17-14-30)25-37(36)42(48)33-11-6-5-7-12-33)20-22-44(43,49)29-45(28-35-13-9-23-52-35)41(47)27-32-16-19-39(50-3)40(26-32)51-4/h10,15-16,18-19,25-26,33-35,38,46,49H,5-9,11-14,17,20-24,27-29H2,1-4H3/t34-,35+,38-,43-,44+/m0/s1. The summed E-state index contributed by atoms with van der Waals surface area (Å²) in [7, 11) is 3.19. The van der Waals surface area contributed by atoms with Gasteiger partial charge in [-0.2, -0.15) is 0 Å². The average Bonchev–Trinajstić information content (AvgIpc) is 3.75. The highest BCUT2D eigenvalue weighted by Crippen LogP contribution is 2.59. The molecule has 0 unspecified atom stereocenters. The van der Waals surface area contributed by atoms with Gasteiger partial charge in [0.25, 0.3) is 0 Å². The number of aliphatic hydroxyl groups is 2. The van der Waals surface area contributed by atoms with Crippen LogP contribution in [0, 0.1) is 11.3 Å². The molecule has 4 aliphatic carbocycles. The number of aliphatic hydroxyl groups excluding tert-OH is 1. The number of Topliss-reactive ketones (excluding diaryl/α,β-unsaturated/α-hetero) is 1. The Hall–Kier alpha value is -3.20. The summed E-state index contributed by atoms with van der Waals surface area (Å²) in [4.78, 5) is 30.6. The number of hydrogen-bond donors (Lipinski definition) is 2. The fourth-order valence-electron chi connectivity index (χ4n) is 9.68. The van der Waals surface area contributed by atoms with Gasteiger partial charge in [-0.05, 0) is 118 Å². The first kappa shape index (κ1) is 38.5. The minimum Gasteiger partial charge on any atom is -0.493 e. The van der Waals surface area contributed by atoms with Crippen LogP contribution in [0.4, 0.5) is 0 Å². The van der Waals surface area contributed by atoms with Crippen LogP contribution in [0.1, 0.15) is 130 Å². The summed E-state index contributed by atoms with van der Waals surface area (Å²) in [6.07, 6.45) is 13.6. The first-order valence-corrected chi connectivity index (χ1v) is 19.9. The number of allylic oxidation sites excluding steroid dienone is 2. The van der Waals surface area contributed by atoms with Crippen molar-refractivity contribution in [1.82, 2.24) is 4.90 Å². The van der Waals surface area contributed by atoms with E-state index in [1.54, 1.807) is 14.2 Å². The summed E-state index contributed by atoms with van der Waals surface area (Å²) in [5, 5.41) is 24.1. The van der Waals surface area contributed by atoms with Gasteiger partial charge in [0.2, 0.25) is 5.91 Å². The van der Waals surface area contributed by atoms with Crippen LogP contribution in [0.25, 0.3) is 0 Å². The monoisotopic (exact) mass is 715 g/mol. The molecule has 2 aromatic carbocycles. The molecule has 0 spiro atoms. The molecular weight excluding hydrogens is 654 g/mol. The Labute approximate surface area is 310 Å². The van der Waals surface area contributed by atoms with Gasteiger partial charge in [-0.15, -0.1) is 0 Å². The van der Waals surface area contributed by atoms with Crippen LogP contribution in [0.5, 0.6) is 11.5 Å². The smallest absolute Gasteiger partial charge is 0.227 e. The molecule has 3 fully saturated rings. The number of rotatable bonds is 10. The fourth-order valence-corrected chi connectivity index (χ4v) is 9.68. The second kappa shape index (κ2) is 16.9. The van der Waals surface area contributed by atoms with Crippen molar-refractivity contribution in [2.75, 3.05) is 33.9 Å². The van der Waals surface area contributed by atoms with Crippen molar-refractivity contribution in [3.05, 3.63) is 70.3 Å². The van der Waals surface area contributed by atoms with Crippen molar-refractivity contribution in [3.63, 3.8) is 0 Å². The highest BCUT2D eigenvalue weighted by Gasteiger charge is 2.58. The van der Waals surface area contributed by atoms with Gasteiger partial charge in [-0.25, -0.2) is 0 Å². The molecule has 2 bridgehead atoms. The van der Waals surface area contributed by atoms with E-state index in [1.165, 1.54) is 12.0 Å². The molecule has 8 heteroatoms. The van der Waals surface area contributed by atoms with Crippen molar-refractivity contribution in [2.24, 2.45) is 11.3 Å². The van der Waals surface area contributed by atoms with Crippen molar-refractivity contribution >= 4 is 11.7 Å². The Kier molecular flexibility index (Phi) is 12.5. The Bertz CT molecular complexity index is 1590. The lowest BCUT2D eigenvalue weighted by Gasteiger charge is -2.46. The van der Waals surface area contributed by atoms with E-state index in [1.807, 2.05) is 23.1 Å². The first-order valence-electron chi connectivity index (χ1n) is 19.9. The van der Waals surface area contributed by atoms with E-state index in [9.17, 15) is 19.8 Å². The predicted molar refractivity (Wildman–Crippen MR) is 203 cm³/mol. The number of carbonyl (C=O) groups is 2. The maximum atomic E-state index is 14.4. The van der Waals surface area contributed by atoms with Gasteiger partial charge in [0.15, 0.2) is 17.3 Å². The van der Waals surface area contributed by atoms with Crippen LogP contribution in [0.3, 0.4) is 0 Å². The van der Waals surface area contributed by atoms with Crippen LogP contribution >= 0.6 is 0 Å². The minimum atomic E-state index is -1.19. The number of amides is 1. The van der Waals surface area contributed by atoms with E-state index < -0.39 is 17.1 Å². The number of nitrogens with zero attached hydrogens (tertiary/aromatic N) is 1. The summed E-state index contributed by atoms with van der Waals surface area (Å²) in [5.74, 6) is 1.29. The minimum absolute atomic E-state index is 0.0137. The second-order valence-corrected chi connectivity index (χ2v) is 16.4. The third-order valence-electron chi connectivity index (χ3n) is 13.0. The van der Waals surface area contributed by atoms with Crippen LogP contribution in [-0.2, 0) is 22.4 Å². The fraction of sp³-hybridized carbons (Fsp3) is 0.636. The zero-order valence-corrected chi connectivity index (χ0v) is 32.0. The molecule has 1 aliphatic heterocycles. The Balaban J connectivity index is 1.36. The van der Waals surface area contributed by atoms with E-state index in [2.05, 4.69) is 38.1 Å². The molecule has 7 rings (SSSR count). The summed E-state index contributed by atoms with van der Waals surface area (Å²) in [6, 6.07) is 11.9. The SMILES string of the molecule is COc1ccc(CC(=O)N(C[C@H]2CCCO2)C[C@]2(O)CC[C@H]3c4ccc(cc4C(=O)C4CCCCC4)C[C@@H](O)CCC(C)=CCC[C@@]32C)cc1OC. The Morgan fingerprint density at radius 1 is 0.942 bits per heavy atom.